The smallest absolute Gasteiger partial charge is 0.258 e. The molecule has 1 aromatic heterocycles. The van der Waals surface area contributed by atoms with E-state index in [0.29, 0.717) is 17.3 Å². The van der Waals surface area contributed by atoms with Crippen molar-refractivity contribution in [1.29, 1.82) is 0 Å². The molecule has 2 aromatic carbocycles. The van der Waals surface area contributed by atoms with Crippen molar-refractivity contribution in [1.82, 2.24) is 15.0 Å². The molecule has 0 unspecified atom stereocenters. The number of aromatic nitrogens is 2. The number of benzene rings is 2. The van der Waals surface area contributed by atoms with Crippen LogP contribution in [0, 0.1) is 6.92 Å². The second-order valence-electron chi connectivity index (χ2n) is 6.37. The van der Waals surface area contributed by atoms with Crippen LogP contribution < -0.4 is 0 Å². The Balaban J connectivity index is 1.61. The molecule has 0 bridgehead atoms. The third-order valence-corrected chi connectivity index (χ3v) is 4.49. The van der Waals surface area contributed by atoms with Gasteiger partial charge in [-0.3, -0.25) is 4.79 Å². The Morgan fingerprint density at radius 1 is 1.04 bits per heavy atom. The van der Waals surface area contributed by atoms with Crippen molar-refractivity contribution in [3.8, 4) is 22.8 Å². The van der Waals surface area contributed by atoms with Crippen LogP contribution in [0.3, 0.4) is 0 Å². The van der Waals surface area contributed by atoms with E-state index in [0.717, 1.165) is 37.1 Å². The van der Waals surface area contributed by atoms with Crippen molar-refractivity contribution >= 4 is 5.91 Å². The van der Waals surface area contributed by atoms with Gasteiger partial charge in [-0.1, -0.05) is 35.0 Å². The fourth-order valence-corrected chi connectivity index (χ4v) is 3.05. The van der Waals surface area contributed by atoms with Crippen LogP contribution in [0.1, 0.15) is 28.8 Å². The van der Waals surface area contributed by atoms with Gasteiger partial charge >= 0.3 is 0 Å². The summed E-state index contributed by atoms with van der Waals surface area (Å²) in [6.07, 6.45) is 2.16. The van der Waals surface area contributed by atoms with E-state index in [1.54, 1.807) is 0 Å². The zero-order chi connectivity index (χ0) is 17.2. The van der Waals surface area contributed by atoms with Gasteiger partial charge in [0.1, 0.15) is 0 Å². The van der Waals surface area contributed by atoms with Crippen LogP contribution in [0.4, 0.5) is 0 Å². The molecule has 0 N–H and O–H groups in total. The molecule has 126 valence electrons. The molecular formula is C20H19N3O2. The summed E-state index contributed by atoms with van der Waals surface area (Å²) in [5.41, 5.74) is 3.51. The van der Waals surface area contributed by atoms with Crippen LogP contribution in [-0.4, -0.2) is 34.0 Å². The average molecular weight is 333 g/mol. The van der Waals surface area contributed by atoms with Crippen LogP contribution in [0.5, 0.6) is 0 Å². The van der Waals surface area contributed by atoms with Gasteiger partial charge in [0.05, 0.1) is 0 Å². The molecule has 1 aliphatic heterocycles. The van der Waals surface area contributed by atoms with Crippen molar-refractivity contribution in [3.63, 3.8) is 0 Å². The molecule has 1 amide bonds. The Labute approximate surface area is 146 Å². The van der Waals surface area contributed by atoms with Crippen LogP contribution in [-0.2, 0) is 0 Å². The number of nitrogens with zero attached hydrogens (tertiary/aromatic N) is 3. The number of carbonyl (C=O) groups is 1. The van der Waals surface area contributed by atoms with Crippen LogP contribution in [0.2, 0.25) is 0 Å². The van der Waals surface area contributed by atoms with Gasteiger partial charge in [0.2, 0.25) is 5.82 Å². The number of likely N-dealkylation sites (tertiary alicyclic amines) is 1. The summed E-state index contributed by atoms with van der Waals surface area (Å²) in [7, 11) is 0. The quantitative estimate of drug-likeness (QED) is 0.728. The van der Waals surface area contributed by atoms with E-state index in [1.165, 1.54) is 5.56 Å². The van der Waals surface area contributed by atoms with E-state index in [4.69, 9.17) is 4.52 Å². The van der Waals surface area contributed by atoms with E-state index >= 15 is 0 Å². The molecule has 1 aliphatic rings. The summed E-state index contributed by atoms with van der Waals surface area (Å²) in [5, 5.41) is 4.07. The first kappa shape index (κ1) is 15.6. The summed E-state index contributed by atoms with van der Waals surface area (Å²) in [6, 6.07) is 15.4. The van der Waals surface area contributed by atoms with Crippen molar-refractivity contribution in [2.24, 2.45) is 0 Å². The van der Waals surface area contributed by atoms with Crippen LogP contribution >= 0.6 is 0 Å². The number of amides is 1. The fraction of sp³-hybridized carbons (Fsp3) is 0.250. The zero-order valence-corrected chi connectivity index (χ0v) is 14.1. The minimum atomic E-state index is 0.0709. The minimum Gasteiger partial charge on any atom is -0.339 e. The first-order valence-electron chi connectivity index (χ1n) is 8.51. The average Bonchev–Trinajstić information content (AvgIpc) is 3.34. The van der Waals surface area contributed by atoms with Gasteiger partial charge in [-0.15, -0.1) is 0 Å². The highest BCUT2D eigenvalue weighted by Crippen LogP contribution is 2.24. The molecule has 1 fully saturated rings. The lowest BCUT2D eigenvalue weighted by molar-refractivity contribution is 0.0793. The lowest BCUT2D eigenvalue weighted by Gasteiger charge is -2.15. The van der Waals surface area contributed by atoms with Crippen molar-refractivity contribution in [2.45, 2.75) is 19.8 Å². The number of hydrogen-bond acceptors (Lipinski definition) is 4. The molecule has 0 atom stereocenters. The molecule has 0 spiro atoms. The van der Waals surface area contributed by atoms with Gasteiger partial charge in [-0.2, -0.15) is 4.98 Å². The van der Waals surface area contributed by atoms with E-state index in [-0.39, 0.29) is 5.91 Å². The van der Waals surface area contributed by atoms with Crippen molar-refractivity contribution < 1.29 is 9.32 Å². The lowest BCUT2D eigenvalue weighted by atomic mass is 10.1. The van der Waals surface area contributed by atoms with E-state index in [9.17, 15) is 4.79 Å². The highest BCUT2D eigenvalue weighted by Gasteiger charge is 2.20. The Morgan fingerprint density at radius 2 is 1.80 bits per heavy atom. The molecule has 25 heavy (non-hydrogen) atoms. The molecule has 1 saturated heterocycles. The van der Waals surface area contributed by atoms with Crippen LogP contribution in [0.25, 0.3) is 22.8 Å². The van der Waals surface area contributed by atoms with Gasteiger partial charge in [0.15, 0.2) is 0 Å². The second kappa shape index (κ2) is 6.51. The maximum absolute atomic E-state index is 12.6. The van der Waals surface area contributed by atoms with Crippen molar-refractivity contribution in [2.75, 3.05) is 13.1 Å². The second-order valence-corrected chi connectivity index (χ2v) is 6.37. The summed E-state index contributed by atoms with van der Waals surface area (Å²) in [4.78, 5) is 18.9. The van der Waals surface area contributed by atoms with Gasteiger partial charge in [0, 0.05) is 29.8 Å². The molecule has 5 nitrogen and oxygen atoms in total. The topological polar surface area (TPSA) is 59.2 Å². The molecule has 0 aliphatic carbocycles. The van der Waals surface area contributed by atoms with Crippen LogP contribution in [0.15, 0.2) is 53.1 Å². The molecule has 3 aromatic rings. The highest BCUT2D eigenvalue weighted by atomic mass is 16.5. The standard InChI is InChI=1S/C20H19N3O2/c1-14-7-9-15(10-8-14)19-21-18(22-25-19)16-5-4-6-17(13-16)20(24)23-11-2-3-12-23/h4-10,13H,2-3,11-12H2,1H3. The summed E-state index contributed by atoms with van der Waals surface area (Å²) in [5.74, 6) is 1.04. The molecule has 0 saturated carbocycles. The molecule has 2 heterocycles. The molecule has 5 heteroatoms. The Bertz CT molecular complexity index is 893. The van der Waals surface area contributed by atoms with Gasteiger partial charge < -0.3 is 9.42 Å². The third kappa shape index (κ3) is 3.18. The summed E-state index contributed by atoms with van der Waals surface area (Å²) in [6.45, 7) is 3.71. The van der Waals surface area contributed by atoms with E-state index in [1.807, 2.05) is 60.4 Å². The predicted molar refractivity (Wildman–Crippen MR) is 95.0 cm³/mol. The molecule has 4 rings (SSSR count). The minimum absolute atomic E-state index is 0.0709. The van der Waals surface area contributed by atoms with Gasteiger partial charge in [0.25, 0.3) is 11.8 Å². The summed E-state index contributed by atoms with van der Waals surface area (Å²) < 4.78 is 5.39. The highest BCUT2D eigenvalue weighted by molar-refractivity contribution is 5.95. The number of rotatable bonds is 3. The summed E-state index contributed by atoms with van der Waals surface area (Å²) >= 11 is 0. The SMILES string of the molecule is Cc1ccc(-c2nc(-c3cccc(C(=O)N4CCCC4)c3)no2)cc1. The number of aryl methyl sites for hydroxylation is 1. The first-order valence-corrected chi connectivity index (χ1v) is 8.51. The Morgan fingerprint density at radius 3 is 2.56 bits per heavy atom. The maximum Gasteiger partial charge on any atom is 0.258 e. The monoisotopic (exact) mass is 333 g/mol. The molecule has 0 radical (unpaired) electrons. The fourth-order valence-electron chi connectivity index (χ4n) is 3.05. The molecular weight excluding hydrogens is 314 g/mol. The normalized spacial score (nSPS) is 14.0. The Kier molecular flexibility index (Phi) is 4.06. The Hall–Kier alpha value is -2.95. The zero-order valence-electron chi connectivity index (χ0n) is 14.1. The third-order valence-electron chi connectivity index (χ3n) is 4.49. The first-order chi connectivity index (χ1) is 12.2. The lowest BCUT2D eigenvalue weighted by Crippen LogP contribution is -2.27. The van der Waals surface area contributed by atoms with Gasteiger partial charge in [-0.05, 0) is 44.0 Å². The van der Waals surface area contributed by atoms with E-state index in [2.05, 4.69) is 10.1 Å². The number of hydrogen-bond donors (Lipinski definition) is 0. The van der Waals surface area contributed by atoms with Gasteiger partial charge in [-0.25, -0.2) is 0 Å². The predicted octanol–water partition coefficient (Wildman–Crippen LogP) is 3.95. The van der Waals surface area contributed by atoms with E-state index < -0.39 is 0 Å². The van der Waals surface area contributed by atoms with Crippen molar-refractivity contribution in [3.05, 3.63) is 59.7 Å². The maximum atomic E-state index is 12.6. The number of carbonyl (C=O) groups excluding carboxylic acids is 1. The largest absolute Gasteiger partial charge is 0.339 e.